The largest absolute Gasteiger partial charge is 0.494 e. The second-order valence-electron chi connectivity index (χ2n) is 12.2. The Labute approximate surface area is 248 Å². The van der Waals surface area contributed by atoms with Crippen LogP contribution < -0.4 is 10.1 Å². The van der Waals surface area contributed by atoms with Crippen LogP contribution in [0.15, 0.2) is 36.5 Å². The van der Waals surface area contributed by atoms with E-state index in [9.17, 15) is 22.8 Å². The van der Waals surface area contributed by atoms with E-state index in [0.29, 0.717) is 29.4 Å². The van der Waals surface area contributed by atoms with Gasteiger partial charge in [0.1, 0.15) is 22.7 Å². The molecule has 13 heteroatoms. The van der Waals surface area contributed by atoms with Gasteiger partial charge in [-0.1, -0.05) is 6.07 Å². The smallest absolute Gasteiger partial charge is 0.433 e. The molecule has 0 saturated carbocycles. The van der Waals surface area contributed by atoms with Gasteiger partial charge in [0.15, 0.2) is 0 Å². The third-order valence-corrected chi connectivity index (χ3v) is 7.75. The zero-order valence-corrected chi connectivity index (χ0v) is 24.8. The molecule has 2 saturated heterocycles. The number of fused-ring (bicyclic) bond motifs is 1. The molecular weight excluding hydrogens is 565 g/mol. The number of alkyl halides is 3. The Hall–Kier alpha value is -3.87. The van der Waals surface area contributed by atoms with E-state index in [1.165, 1.54) is 13.2 Å². The van der Waals surface area contributed by atoms with Crippen LogP contribution in [-0.2, 0) is 10.9 Å². The predicted molar refractivity (Wildman–Crippen MR) is 154 cm³/mol. The Kier molecular flexibility index (Phi) is 8.55. The molecule has 1 N–H and O–H groups in total. The van der Waals surface area contributed by atoms with Crippen LogP contribution in [0.2, 0.25) is 0 Å². The minimum atomic E-state index is -4.66. The number of piperidine rings is 1. The summed E-state index contributed by atoms with van der Waals surface area (Å²) in [7, 11) is 1.45. The van der Waals surface area contributed by atoms with Crippen LogP contribution >= 0.6 is 0 Å². The van der Waals surface area contributed by atoms with Crippen LogP contribution in [0.5, 0.6) is 5.75 Å². The topological polar surface area (TPSA) is 102 Å². The van der Waals surface area contributed by atoms with Gasteiger partial charge >= 0.3 is 12.3 Å². The van der Waals surface area contributed by atoms with Crippen molar-refractivity contribution in [1.29, 1.82) is 0 Å². The van der Waals surface area contributed by atoms with Gasteiger partial charge in [-0.25, -0.2) is 9.78 Å². The van der Waals surface area contributed by atoms with Gasteiger partial charge in [-0.3, -0.25) is 9.48 Å². The molecule has 0 aliphatic carbocycles. The van der Waals surface area contributed by atoms with E-state index >= 15 is 0 Å². The van der Waals surface area contributed by atoms with Crippen LogP contribution in [0.25, 0.3) is 10.9 Å². The van der Waals surface area contributed by atoms with E-state index in [4.69, 9.17) is 14.6 Å². The van der Waals surface area contributed by atoms with Gasteiger partial charge in [0.25, 0.3) is 5.91 Å². The number of carbonyl (C=O) groups is 2. The summed E-state index contributed by atoms with van der Waals surface area (Å²) in [5.41, 5.74) is -0.998. The van der Waals surface area contributed by atoms with E-state index in [2.05, 4.69) is 15.2 Å². The summed E-state index contributed by atoms with van der Waals surface area (Å²) >= 11 is 0. The van der Waals surface area contributed by atoms with E-state index in [1.807, 2.05) is 31.6 Å². The Morgan fingerprint density at radius 2 is 1.81 bits per heavy atom. The number of carbonyl (C=O) groups excluding carboxylic acids is 2. The standard InChI is InChI=1S/C30H37F3N6O4/c1-29(2,3)43-28(41)38-13-8-19(17-38)16-37-11-9-21(10-12-37)39-18-20-14-24(25(42-4)15-23(20)36-39)35-27(40)22-6-5-7-26(34-22)30(31,32)33/h5-7,14-15,18-19,21H,8-13,16-17H2,1-4H3,(H,35,40). The second kappa shape index (κ2) is 12.0. The summed E-state index contributed by atoms with van der Waals surface area (Å²) in [6.07, 6.45) is -0.184. The Bertz CT molecular complexity index is 1480. The lowest BCUT2D eigenvalue weighted by molar-refractivity contribution is -0.141. The molecule has 0 spiro atoms. The second-order valence-corrected chi connectivity index (χ2v) is 12.2. The summed E-state index contributed by atoms with van der Waals surface area (Å²) < 4.78 is 52.1. The molecule has 2 aliphatic heterocycles. The molecule has 4 heterocycles. The summed E-state index contributed by atoms with van der Waals surface area (Å²) in [5.74, 6) is -0.0199. The number of nitrogens with zero attached hydrogens (tertiary/aromatic N) is 5. The molecule has 2 aliphatic rings. The molecular formula is C30H37F3N6O4. The van der Waals surface area contributed by atoms with Crippen LogP contribution in [0.3, 0.4) is 0 Å². The van der Waals surface area contributed by atoms with Crippen molar-refractivity contribution in [3.8, 4) is 5.75 Å². The zero-order valence-electron chi connectivity index (χ0n) is 24.8. The number of pyridine rings is 1. The number of nitrogens with one attached hydrogen (secondary N) is 1. The first-order valence-corrected chi connectivity index (χ1v) is 14.4. The molecule has 0 bridgehead atoms. The number of hydrogen-bond donors (Lipinski definition) is 1. The van der Waals surface area contributed by atoms with Crippen LogP contribution in [-0.4, -0.2) is 82.0 Å². The normalized spacial score (nSPS) is 18.7. The third-order valence-electron chi connectivity index (χ3n) is 7.75. The highest BCUT2D eigenvalue weighted by atomic mass is 19.4. The van der Waals surface area contributed by atoms with Crippen molar-refractivity contribution >= 4 is 28.6 Å². The van der Waals surface area contributed by atoms with Crippen molar-refractivity contribution in [2.45, 2.75) is 57.9 Å². The first-order valence-electron chi connectivity index (χ1n) is 14.4. The van der Waals surface area contributed by atoms with Gasteiger partial charge in [0.2, 0.25) is 0 Å². The molecule has 1 unspecified atom stereocenters. The SMILES string of the molecule is COc1cc2nn(C3CCN(CC4CCN(C(=O)OC(C)(C)C)C4)CC3)cc2cc1NC(=O)c1cccc(C(F)(F)F)n1. The molecule has 1 atom stereocenters. The number of aromatic nitrogens is 3. The van der Waals surface area contributed by atoms with Gasteiger partial charge in [0, 0.05) is 50.4 Å². The Morgan fingerprint density at radius 3 is 2.49 bits per heavy atom. The Morgan fingerprint density at radius 1 is 1.07 bits per heavy atom. The van der Waals surface area contributed by atoms with E-state index in [0.717, 1.165) is 63.0 Å². The predicted octanol–water partition coefficient (Wildman–Crippen LogP) is 5.60. The molecule has 10 nitrogen and oxygen atoms in total. The maximum absolute atomic E-state index is 13.1. The first-order chi connectivity index (χ1) is 20.3. The lowest BCUT2D eigenvalue weighted by Gasteiger charge is -2.33. The molecule has 0 radical (unpaired) electrons. The van der Waals surface area contributed by atoms with E-state index in [1.54, 1.807) is 17.0 Å². The number of methoxy groups -OCH3 is 1. The fourth-order valence-electron chi connectivity index (χ4n) is 5.64. The third kappa shape index (κ3) is 7.38. The average molecular weight is 603 g/mol. The summed E-state index contributed by atoms with van der Waals surface area (Å²) in [6, 6.07) is 6.79. The lowest BCUT2D eigenvalue weighted by atomic mass is 10.0. The number of hydrogen-bond acceptors (Lipinski definition) is 7. The number of ether oxygens (including phenoxy) is 2. The van der Waals surface area contributed by atoms with Crippen molar-refractivity contribution in [3.05, 3.63) is 47.9 Å². The number of anilines is 1. The van der Waals surface area contributed by atoms with Crippen LogP contribution in [0.1, 0.15) is 62.3 Å². The number of likely N-dealkylation sites (tertiary alicyclic amines) is 2. The molecule has 3 aromatic rings. The maximum Gasteiger partial charge on any atom is 0.433 e. The van der Waals surface area contributed by atoms with Gasteiger partial charge in [-0.05, 0) is 64.2 Å². The minimum Gasteiger partial charge on any atom is -0.494 e. The molecule has 2 amide bonds. The van der Waals surface area contributed by atoms with E-state index < -0.39 is 23.4 Å². The number of rotatable bonds is 6. The van der Waals surface area contributed by atoms with Gasteiger partial charge < -0.3 is 24.6 Å². The first kappa shape index (κ1) is 30.6. The van der Waals surface area contributed by atoms with Crippen molar-refractivity contribution in [2.75, 3.05) is 45.2 Å². The maximum atomic E-state index is 13.1. The number of halogens is 3. The van der Waals surface area contributed by atoms with Crippen molar-refractivity contribution < 1.29 is 32.2 Å². The van der Waals surface area contributed by atoms with Gasteiger partial charge in [-0.15, -0.1) is 0 Å². The van der Waals surface area contributed by atoms with Crippen LogP contribution in [0.4, 0.5) is 23.7 Å². The van der Waals surface area contributed by atoms with Crippen molar-refractivity contribution in [1.82, 2.24) is 24.6 Å². The molecule has 5 rings (SSSR count). The highest BCUT2D eigenvalue weighted by Crippen LogP contribution is 2.33. The Balaban J connectivity index is 1.19. The average Bonchev–Trinajstić information content (AvgIpc) is 3.58. The summed E-state index contributed by atoms with van der Waals surface area (Å²) in [4.78, 5) is 32.9. The summed E-state index contributed by atoms with van der Waals surface area (Å²) in [6.45, 7) is 9.83. The highest BCUT2D eigenvalue weighted by molar-refractivity contribution is 6.05. The van der Waals surface area contributed by atoms with Gasteiger partial charge in [-0.2, -0.15) is 18.3 Å². The molecule has 2 aromatic heterocycles. The van der Waals surface area contributed by atoms with Crippen molar-refractivity contribution in [2.24, 2.45) is 5.92 Å². The fraction of sp³-hybridized carbons (Fsp3) is 0.533. The number of amides is 2. The molecule has 232 valence electrons. The van der Waals surface area contributed by atoms with Gasteiger partial charge in [0.05, 0.1) is 24.4 Å². The van der Waals surface area contributed by atoms with Crippen molar-refractivity contribution in [3.63, 3.8) is 0 Å². The monoisotopic (exact) mass is 602 g/mol. The lowest BCUT2D eigenvalue weighted by Crippen LogP contribution is -2.39. The molecule has 1 aromatic carbocycles. The number of benzene rings is 1. The summed E-state index contributed by atoms with van der Waals surface area (Å²) in [5, 5.41) is 8.15. The highest BCUT2D eigenvalue weighted by Gasteiger charge is 2.34. The molecule has 2 fully saturated rings. The molecule has 43 heavy (non-hydrogen) atoms. The quantitative estimate of drug-likeness (QED) is 0.392. The zero-order chi connectivity index (χ0) is 30.9. The fourth-order valence-corrected chi connectivity index (χ4v) is 5.64. The van der Waals surface area contributed by atoms with Crippen LogP contribution in [0, 0.1) is 5.92 Å². The van der Waals surface area contributed by atoms with E-state index in [-0.39, 0.29) is 17.8 Å². The minimum absolute atomic E-state index is 0.198.